The van der Waals surface area contributed by atoms with Crippen LogP contribution in [0.1, 0.15) is 32.6 Å². The molecule has 0 aliphatic carbocycles. The van der Waals surface area contributed by atoms with Gasteiger partial charge >= 0.3 is 39.3 Å². The second-order valence-corrected chi connectivity index (χ2v) is 7.85. The van der Waals surface area contributed by atoms with E-state index < -0.39 is 9.28 Å². The smallest absolute Gasteiger partial charge is 0.412 e. The summed E-state index contributed by atoms with van der Waals surface area (Å²) in [5.74, 6) is 0. The summed E-state index contributed by atoms with van der Waals surface area (Å²) >= 11 is 0. The van der Waals surface area contributed by atoms with Gasteiger partial charge in [0.2, 0.25) is 0 Å². The molecule has 0 saturated carbocycles. The summed E-state index contributed by atoms with van der Waals surface area (Å²) in [5.41, 5.74) is 0. The fourth-order valence-corrected chi connectivity index (χ4v) is 5.55. The molecule has 1 aliphatic heterocycles. The predicted octanol–water partition coefficient (Wildman–Crippen LogP) is 0.737. The van der Waals surface area contributed by atoms with Gasteiger partial charge in [0.15, 0.2) is 0 Å². The zero-order valence-corrected chi connectivity index (χ0v) is 12.2. The molecule has 1 saturated heterocycles. The van der Waals surface area contributed by atoms with Crippen LogP contribution in [0.2, 0.25) is 6.04 Å². The van der Waals surface area contributed by atoms with Crippen LogP contribution in [-0.4, -0.2) is 39.3 Å². The summed E-state index contributed by atoms with van der Waals surface area (Å²) in [4.78, 5) is 0. The van der Waals surface area contributed by atoms with E-state index in [4.69, 9.17) is 16.5 Å². The average molecular weight is 262 g/mol. The SMILES string of the molecule is CCCCCC[Si]1O[Si]O[Si]O[Si]O1. The van der Waals surface area contributed by atoms with Crippen LogP contribution in [0.3, 0.4) is 0 Å². The molecule has 77 valence electrons. The maximum atomic E-state index is 5.48. The summed E-state index contributed by atoms with van der Waals surface area (Å²) in [6.07, 6.45) is 5.03. The third-order valence-corrected chi connectivity index (χ3v) is 6.30. The summed E-state index contributed by atoms with van der Waals surface area (Å²) in [5, 5.41) is 0. The van der Waals surface area contributed by atoms with E-state index in [2.05, 4.69) is 6.92 Å². The van der Waals surface area contributed by atoms with E-state index in [9.17, 15) is 0 Å². The van der Waals surface area contributed by atoms with E-state index in [1.165, 1.54) is 25.7 Å². The topological polar surface area (TPSA) is 36.9 Å². The second kappa shape index (κ2) is 8.97. The van der Waals surface area contributed by atoms with Gasteiger partial charge in [0, 0.05) is 0 Å². The Morgan fingerprint density at radius 1 is 0.929 bits per heavy atom. The molecule has 0 atom stereocenters. The molecule has 0 aromatic carbocycles. The van der Waals surface area contributed by atoms with Crippen molar-refractivity contribution in [2.24, 2.45) is 0 Å². The fraction of sp³-hybridized carbons (Fsp3) is 1.00. The molecule has 0 spiro atoms. The molecule has 0 aromatic rings. The number of hydrogen-bond donors (Lipinski definition) is 0. The Balaban J connectivity index is 2.02. The van der Waals surface area contributed by atoms with Crippen LogP contribution < -0.4 is 0 Å². The molecular weight excluding hydrogens is 248 g/mol. The molecule has 7 radical (unpaired) electrons. The molecule has 0 unspecified atom stereocenters. The second-order valence-electron chi connectivity index (χ2n) is 2.84. The van der Waals surface area contributed by atoms with E-state index >= 15 is 0 Å². The molecule has 0 bridgehead atoms. The third-order valence-electron chi connectivity index (χ3n) is 1.71. The molecule has 8 heteroatoms. The van der Waals surface area contributed by atoms with Crippen molar-refractivity contribution in [2.75, 3.05) is 0 Å². The summed E-state index contributed by atoms with van der Waals surface area (Å²) in [6.45, 7) is 2.21. The quantitative estimate of drug-likeness (QED) is 0.540. The van der Waals surface area contributed by atoms with Crippen molar-refractivity contribution in [1.29, 1.82) is 0 Å². The highest BCUT2D eigenvalue weighted by atomic mass is 28.4. The van der Waals surface area contributed by atoms with Gasteiger partial charge in [0.25, 0.3) is 0 Å². The van der Waals surface area contributed by atoms with Crippen molar-refractivity contribution in [1.82, 2.24) is 0 Å². The lowest BCUT2D eigenvalue weighted by atomic mass is 10.2. The van der Waals surface area contributed by atoms with E-state index in [-0.39, 0.29) is 30.0 Å². The van der Waals surface area contributed by atoms with Crippen LogP contribution in [0.4, 0.5) is 0 Å². The molecule has 1 rings (SSSR count). The first-order valence-corrected chi connectivity index (χ1v) is 8.67. The Morgan fingerprint density at radius 3 is 2.29 bits per heavy atom. The molecule has 1 aliphatic rings. The zero-order valence-electron chi connectivity index (χ0n) is 8.17. The Bertz CT molecular complexity index is 131. The first kappa shape index (κ1) is 12.8. The lowest BCUT2D eigenvalue weighted by Gasteiger charge is -2.16. The van der Waals surface area contributed by atoms with Crippen LogP contribution >= 0.6 is 0 Å². The molecule has 0 amide bonds. The van der Waals surface area contributed by atoms with Gasteiger partial charge in [0.1, 0.15) is 0 Å². The first-order valence-electron chi connectivity index (χ1n) is 4.69. The highest BCUT2D eigenvalue weighted by Crippen LogP contribution is 2.08. The first-order chi connectivity index (χ1) is 6.93. The van der Waals surface area contributed by atoms with E-state index in [1.807, 2.05) is 0 Å². The predicted molar refractivity (Wildman–Crippen MR) is 56.3 cm³/mol. The Hall–Kier alpha value is 0.708. The number of rotatable bonds is 5. The molecule has 4 nitrogen and oxygen atoms in total. The van der Waals surface area contributed by atoms with Crippen molar-refractivity contribution >= 4 is 39.3 Å². The standard InChI is InChI=1S/C6H13O4Si4/c1-2-3-4-5-6-14-9-12-7-11-8-13-10-14/h2-6H2,1H3. The Kier molecular flexibility index (Phi) is 8.19. The highest BCUT2D eigenvalue weighted by Gasteiger charge is 2.19. The van der Waals surface area contributed by atoms with Crippen molar-refractivity contribution in [3.05, 3.63) is 0 Å². The van der Waals surface area contributed by atoms with Crippen molar-refractivity contribution in [2.45, 2.75) is 38.7 Å². The third kappa shape index (κ3) is 6.24. The molecule has 0 N–H and O–H groups in total. The minimum atomic E-state index is -1.11. The van der Waals surface area contributed by atoms with Crippen LogP contribution in [0.15, 0.2) is 0 Å². The maximum absolute atomic E-state index is 5.48. The summed E-state index contributed by atoms with van der Waals surface area (Å²) < 4.78 is 21.2. The molecule has 1 fully saturated rings. The number of hydrogen-bond acceptors (Lipinski definition) is 4. The van der Waals surface area contributed by atoms with Gasteiger partial charge in [-0.25, -0.2) is 0 Å². The van der Waals surface area contributed by atoms with Crippen LogP contribution in [0.5, 0.6) is 0 Å². The van der Waals surface area contributed by atoms with Gasteiger partial charge in [-0.2, -0.15) is 0 Å². The lowest BCUT2D eigenvalue weighted by Crippen LogP contribution is -2.33. The van der Waals surface area contributed by atoms with Gasteiger partial charge in [-0.1, -0.05) is 32.6 Å². The summed E-state index contributed by atoms with van der Waals surface area (Å²) in [7, 11) is -0.845. The van der Waals surface area contributed by atoms with Crippen molar-refractivity contribution in [3.63, 3.8) is 0 Å². The minimum Gasteiger partial charge on any atom is -0.413 e. The van der Waals surface area contributed by atoms with Crippen LogP contribution in [0.25, 0.3) is 0 Å². The van der Waals surface area contributed by atoms with Gasteiger partial charge < -0.3 is 16.5 Å². The van der Waals surface area contributed by atoms with Gasteiger partial charge in [-0.05, 0) is 6.04 Å². The summed E-state index contributed by atoms with van der Waals surface area (Å²) in [6, 6.07) is 1.04. The Morgan fingerprint density at radius 2 is 1.64 bits per heavy atom. The lowest BCUT2D eigenvalue weighted by molar-refractivity contribution is 0.327. The maximum Gasteiger partial charge on any atom is 0.412 e. The van der Waals surface area contributed by atoms with Gasteiger partial charge in [-0.3, -0.25) is 0 Å². The molecule has 14 heavy (non-hydrogen) atoms. The van der Waals surface area contributed by atoms with E-state index in [0.29, 0.717) is 0 Å². The molecule has 0 aromatic heterocycles. The highest BCUT2D eigenvalue weighted by molar-refractivity contribution is 6.59. The van der Waals surface area contributed by atoms with Crippen molar-refractivity contribution in [3.8, 4) is 0 Å². The molecular formula is C6H13O4Si4. The fourth-order valence-electron chi connectivity index (χ4n) is 1.01. The zero-order chi connectivity index (χ0) is 10.1. The van der Waals surface area contributed by atoms with Crippen LogP contribution in [-0.2, 0) is 16.5 Å². The largest absolute Gasteiger partial charge is 0.413 e. The molecule has 1 heterocycles. The van der Waals surface area contributed by atoms with Crippen molar-refractivity contribution < 1.29 is 16.5 Å². The minimum absolute atomic E-state index is 0.0733. The average Bonchev–Trinajstić information content (AvgIpc) is 2.15. The van der Waals surface area contributed by atoms with E-state index in [0.717, 1.165) is 6.04 Å². The number of unbranched alkanes of at least 4 members (excludes halogenated alkanes) is 3. The normalized spacial score (nSPS) is 20.4. The van der Waals surface area contributed by atoms with E-state index in [1.54, 1.807) is 0 Å². The van der Waals surface area contributed by atoms with Crippen LogP contribution in [0, 0.1) is 0 Å². The Labute approximate surface area is 94.7 Å². The monoisotopic (exact) mass is 261 g/mol. The van der Waals surface area contributed by atoms with Gasteiger partial charge in [0.05, 0.1) is 0 Å². The van der Waals surface area contributed by atoms with Gasteiger partial charge in [-0.15, -0.1) is 0 Å².